The standard InChI is InChI=1S/C38H70N2O/c1-4-6-8-10-12-14-16-18-20-22-24-26-28-31-35(3)39-36-32-30-33-37(36)40-38(41)34-29-27-25-23-21-19-17-15-13-11-9-7-5-2/h14-17,36-37,39H,3-13,18-34H2,1-2H3,(H,40,41)/b16-14-,17-15-/t36-,37+/m0/s1. The lowest BCUT2D eigenvalue weighted by molar-refractivity contribution is -0.122. The van der Waals surface area contributed by atoms with Gasteiger partial charge >= 0.3 is 0 Å². The third-order valence-corrected chi connectivity index (χ3v) is 8.66. The number of carbonyl (C=O) groups excluding carboxylic acids is 1. The van der Waals surface area contributed by atoms with E-state index in [1.165, 1.54) is 141 Å². The van der Waals surface area contributed by atoms with Crippen LogP contribution < -0.4 is 10.6 Å². The van der Waals surface area contributed by atoms with Crippen molar-refractivity contribution in [2.45, 2.75) is 199 Å². The van der Waals surface area contributed by atoms with Gasteiger partial charge < -0.3 is 10.6 Å². The maximum atomic E-state index is 12.6. The normalized spacial score (nSPS) is 17.1. The first-order valence-corrected chi connectivity index (χ1v) is 18.2. The average molecular weight is 571 g/mol. The zero-order chi connectivity index (χ0) is 29.6. The lowest BCUT2D eigenvalue weighted by Gasteiger charge is -2.24. The van der Waals surface area contributed by atoms with Crippen molar-refractivity contribution in [3.8, 4) is 0 Å². The lowest BCUT2D eigenvalue weighted by atomic mass is 10.1. The number of nitrogens with one attached hydrogen (secondary N) is 2. The smallest absolute Gasteiger partial charge is 0.220 e. The molecule has 0 heterocycles. The van der Waals surface area contributed by atoms with Crippen molar-refractivity contribution in [2.75, 3.05) is 0 Å². The van der Waals surface area contributed by atoms with Gasteiger partial charge in [0, 0.05) is 24.2 Å². The fourth-order valence-electron chi connectivity index (χ4n) is 5.98. The second kappa shape index (κ2) is 28.6. The van der Waals surface area contributed by atoms with Gasteiger partial charge in [-0.1, -0.05) is 122 Å². The monoisotopic (exact) mass is 571 g/mol. The maximum absolute atomic E-state index is 12.6. The molecular weight excluding hydrogens is 500 g/mol. The predicted molar refractivity (Wildman–Crippen MR) is 182 cm³/mol. The number of rotatable bonds is 29. The molecule has 0 unspecified atom stereocenters. The highest BCUT2D eigenvalue weighted by atomic mass is 16.1. The van der Waals surface area contributed by atoms with E-state index in [2.05, 4.69) is 55.4 Å². The second-order valence-corrected chi connectivity index (χ2v) is 12.7. The summed E-state index contributed by atoms with van der Waals surface area (Å²) in [6, 6.07) is 0.632. The minimum Gasteiger partial charge on any atom is -0.384 e. The summed E-state index contributed by atoms with van der Waals surface area (Å²) >= 11 is 0. The fourth-order valence-corrected chi connectivity index (χ4v) is 5.98. The molecule has 0 aromatic carbocycles. The van der Waals surface area contributed by atoms with E-state index in [0.717, 1.165) is 31.4 Å². The molecule has 1 saturated carbocycles. The van der Waals surface area contributed by atoms with Gasteiger partial charge in [-0.05, 0) is 89.9 Å². The van der Waals surface area contributed by atoms with E-state index in [9.17, 15) is 4.79 Å². The number of hydrogen-bond donors (Lipinski definition) is 2. The summed E-state index contributed by atoms with van der Waals surface area (Å²) in [7, 11) is 0. The van der Waals surface area contributed by atoms with E-state index in [4.69, 9.17) is 0 Å². The van der Waals surface area contributed by atoms with Crippen molar-refractivity contribution in [3.05, 3.63) is 36.6 Å². The quantitative estimate of drug-likeness (QED) is 0.0693. The van der Waals surface area contributed by atoms with Crippen LogP contribution >= 0.6 is 0 Å². The number of carbonyl (C=O) groups is 1. The first kappa shape index (κ1) is 37.5. The van der Waals surface area contributed by atoms with Crippen molar-refractivity contribution in [3.63, 3.8) is 0 Å². The van der Waals surface area contributed by atoms with Crippen LogP contribution in [0.5, 0.6) is 0 Å². The van der Waals surface area contributed by atoms with Gasteiger partial charge in [0.15, 0.2) is 0 Å². The molecule has 0 radical (unpaired) electrons. The lowest BCUT2D eigenvalue weighted by Crippen LogP contribution is -2.46. The minimum absolute atomic E-state index is 0.242. The van der Waals surface area contributed by atoms with Crippen LogP contribution in [0.15, 0.2) is 36.6 Å². The number of hydrogen-bond acceptors (Lipinski definition) is 2. The number of amides is 1. The second-order valence-electron chi connectivity index (χ2n) is 12.7. The Hall–Kier alpha value is -1.51. The Morgan fingerprint density at radius 3 is 1.44 bits per heavy atom. The highest BCUT2D eigenvalue weighted by Crippen LogP contribution is 2.21. The molecule has 0 saturated heterocycles. The third-order valence-electron chi connectivity index (χ3n) is 8.66. The van der Waals surface area contributed by atoms with E-state index >= 15 is 0 Å². The maximum Gasteiger partial charge on any atom is 0.220 e. The van der Waals surface area contributed by atoms with E-state index in [-0.39, 0.29) is 11.9 Å². The Bertz CT molecular complexity index is 611. The summed E-state index contributed by atoms with van der Waals surface area (Å²) in [5, 5.41) is 7.01. The Balaban J connectivity index is 1.98. The van der Waals surface area contributed by atoms with Gasteiger partial charge in [0.25, 0.3) is 0 Å². The topological polar surface area (TPSA) is 41.1 Å². The van der Waals surface area contributed by atoms with E-state index in [0.29, 0.717) is 12.5 Å². The molecule has 238 valence electrons. The molecule has 3 nitrogen and oxygen atoms in total. The first-order chi connectivity index (χ1) is 20.2. The molecule has 2 N–H and O–H groups in total. The summed E-state index contributed by atoms with van der Waals surface area (Å²) in [5.74, 6) is 0.242. The van der Waals surface area contributed by atoms with Gasteiger partial charge in [0.1, 0.15) is 0 Å². The molecule has 1 aliphatic carbocycles. The van der Waals surface area contributed by atoms with Crippen LogP contribution in [0.1, 0.15) is 187 Å². The fraction of sp³-hybridized carbons (Fsp3) is 0.816. The third kappa shape index (κ3) is 23.7. The van der Waals surface area contributed by atoms with Crippen LogP contribution in [0.4, 0.5) is 0 Å². The van der Waals surface area contributed by atoms with Gasteiger partial charge in [-0.2, -0.15) is 0 Å². The molecular formula is C38H70N2O. The van der Waals surface area contributed by atoms with Crippen molar-refractivity contribution >= 4 is 5.91 Å². The summed E-state index contributed by atoms with van der Waals surface area (Å²) in [6.07, 6.45) is 43.0. The molecule has 41 heavy (non-hydrogen) atoms. The van der Waals surface area contributed by atoms with E-state index < -0.39 is 0 Å². The van der Waals surface area contributed by atoms with E-state index in [1.54, 1.807) is 0 Å². The van der Waals surface area contributed by atoms with Crippen LogP contribution in [0, 0.1) is 0 Å². The molecule has 0 bridgehead atoms. The molecule has 2 atom stereocenters. The van der Waals surface area contributed by atoms with Gasteiger partial charge in [0.05, 0.1) is 0 Å². The number of unbranched alkanes of at least 4 members (excludes halogenated alkanes) is 18. The molecule has 0 aromatic rings. The summed E-state index contributed by atoms with van der Waals surface area (Å²) in [4.78, 5) is 12.6. The first-order valence-electron chi connectivity index (χ1n) is 18.2. The van der Waals surface area contributed by atoms with Crippen LogP contribution in [-0.2, 0) is 4.79 Å². The molecule has 1 amide bonds. The average Bonchev–Trinajstić information content (AvgIpc) is 3.39. The van der Waals surface area contributed by atoms with Crippen molar-refractivity contribution in [1.82, 2.24) is 10.6 Å². The van der Waals surface area contributed by atoms with E-state index in [1.807, 2.05) is 0 Å². The largest absolute Gasteiger partial charge is 0.384 e. The van der Waals surface area contributed by atoms with Gasteiger partial charge in [-0.3, -0.25) is 4.79 Å². The molecule has 1 rings (SSSR count). The molecule has 0 aromatic heterocycles. The van der Waals surface area contributed by atoms with Crippen molar-refractivity contribution in [1.29, 1.82) is 0 Å². The summed E-state index contributed by atoms with van der Waals surface area (Å²) < 4.78 is 0. The van der Waals surface area contributed by atoms with Gasteiger partial charge in [-0.15, -0.1) is 0 Å². The van der Waals surface area contributed by atoms with Gasteiger partial charge in [0.2, 0.25) is 5.91 Å². The van der Waals surface area contributed by atoms with Crippen LogP contribution in [-0.4, -0.2) is 18.0 Å². The zero-order valence-electron chi connectivity index (χ0n) is 27.7. The Morgan fingerprint density at radius 2 is 0.951 bits per heavy atom. The van der Waals surface area contributed by atoms with Crippen LogP contribution in [0.25, 0.3) is 0 Å². The Kier molecular flexibility index (Phi) is 26.2. The molecule has 0 aliphatic heterocycles. The number of allylic oxidation sites excluding steroid dienone is 5. The van der Waals surface area contributed by atoms with Gasteiger partial charge in [-0.25, -0.2) is 0 Å². The summed E-state index contributed by atoms with van der Waals surface area (Å²) in [6.45, 7) is 8.85. The zero-order valence-corrected chi connectivity index (χ0v) is 27.7. The minimum atomic E-state index is 0.242. The summed E-state index contributed by atoms with van der Waals surface area (Å²) in [5.41, 5.74) is 1.16. The SMILES string of the molecule is C=C(CCCCCCC/C=C\CCCCCC)N[C@H]1CCC[C@H]1NC(=O)CCCCCCC/C=C\CCCCCC. The Labute approximate surface area is 256 Å². The molecule has 3 heteroatoms. The van der Waals surface area contributed by atoms with Crippen LogP contribution in [0.2, 0.25) is 0 Å². The highest BCUT2D eigenvalue weighted by molar-refractivity contribution is 5.76. The highest BCUT2D eigenvalue weighted by Gasteiger charge is 2.28. The predicted octanol–water partition coefficient (Wildman–Crippen LogP) is 11.6. The molecule has 1 aliphatic rings. The molecule has 1 fully saturated rings. The van der Waals surface area contributed by atoms with Crippen LogP contribution in [0.3, 0.4) is 0 Å². The van der Waals surface area contributed by atoms with Crippen molar-refractivity contribution < 1.29 is 4.79 Å². The van der Waals surface area contributed by atoms with Crippen molar-refractivity contribution in [2.24, 2.45) is 0 Å². The molecule has 0 spiro atoms. The Morgan fingerprint density at radius 1 is 0.561 bits per heavy atom.